The van der Waals surface area contributed by atoms with Crippen molar-refractivity contribution in [2.75, 3.05) is 19.5 Å². The Hall–Kier alpha value is -4.03. The first-order chi connectivity index (χ1) is 21.8. The van der Waals surface area contributed by atoms with Gasteiger partial charge in [0.05, 0.1) is 40.0 Å². The van der Waals surface area contributed by atoms with E-state index in [-0.39, 0.29) is 17.4 Å². The maximum absolute atomic E-state index is 13.3. The van der Waals surface area contributed by atoms with E-state index < -0.39 is 42.3 Å². The van der Waals surface area contributed by atoms with Gasteiger partial charge in [0.1, 0.15) is 11.9 Å². The summed E-state index contributed by atoms with van der Waals surface area (Å²) in [5, 5.41) is 26.2. The van der Waals surface area contributed by atoms with Gasteiger partial charge < -0.3 is 35.5 Å². The molecule has 0 radical (unpaired) electrons. The van der Waals surface area contributed by atoms with Crippen LogP contribution in [0.15, 0.2) is 59.7 Å². The Morgan fingerprint density at radius 1 is 1.09 bits per heavy atom. The number of carbonyl (C=O) groups excluding carboxylic acids is 2. The largest absolute Gasteiger partial charge is 0.505 e. The Balaban J connectivity index is 1.86. The maximum Gasteiger partial charge on any atom is 0.405 e. The summed E-state index contributed by atoms with van der Waals surface area (Å²) < 4.78 is 16.8. The first kappa shape index (κ1) is 34.8. The molecule has 12 heteroatoms. The Morgan fingerprint density at radius 2 is 1.83 bits per heavy atom. The molecule has 0 saturated heterocycles. The number of hydrogen-bond donors (Lipinski definition) is 4. The van der Waals surface area contributed by atoms with Gasteiger partial charge in [0.15, 0.2) is 6.10 Å². The van der Waals surface area contributed by atoms with Crippen molar-refractivity contribution in [1.82, 2.24) is 9.97 Å². The number of nitrogens with one attached hydrogen (secondary N) is 1. The molecule has 6 unspecified atom stereocenters. The average Bonchev–Trinajstić information content (AvgIpc) is 3.01. The van der Waals surface area contributed by atoms with Crippen LogP contribution in [0.25, 0.3) is 22.1 Å². The van der Waals surface area contributed by atoms with Gasteiger partial charge in [-0.1, -0.05) is 49.8 Å². The SMILES string of the molecule is COC1C=CC=C(C)C(=O)Nc2cc3nc4cc(Cl)ccc4nc3c(c2O)CC(C)CC(OC)C(O)C(C)C=C(C)C1OC(N)=O. The van der Waals surface area contributed by atoms with E-state index in [4.69, 9.17) is 41.5 Å². The lowest BCUT2D eigenvalue weighted by Gasteiger charge is -2.29. The molecule has 0 saturated carbocycles. The molecule has 1 aromatic heterocycles. The number of hydrogen-bond acceptors (Lipinski definition) is 9. The number of aliphatic hydroxyl groups excluding tert-OH is 1. The first-order valence-electron chi connectivity index (χ1n) is 15.0. The van der Waals surface area contributed by atoms with Crippen LogP contribution in [0.4, 0.5) is 10.5 Å². The molecule has 2 aromatic carbocycles. The second kappa shape index (κ2) is 15.0. The number of aromatic nitrogens is 2. The van der Waals surface area contributed by atoms with E-state index in [9.17, 15) is 19.8 Å². The zero-order chi connectivity index (χ0) is 33.7. The van der Waals surface area contributed by atoms with Crippen LogP contribution >= 0.6 is 11.6 Å². The number of halogens is 1. The fourth-order valence-electron chi connectivity index (χ4n) is 5.74. The van der Waals surface area contributed by atoms with E-state index in [0.717, 1.165) is 0 Å². The van der Waals surface area contributed by atoms with Crippen LogP contribution in [0, 0.1) is 11.8 Å². The molecule has 4 rings (SSSR count). The fourth-order valence-corrected chi connectivity index (χ4v) is 5.90. The minimum absolute atomic E-state index is 0.114. The predicted octanol–water partition coefficient (Wildman–Crippen LogP) is 5.60. The first-order valence-corrected chi connectivity index (χ1v) is 15.4. The van der Waals surface area contributed by atoms with Crippen LogP contribution in [-0.4, -0.2) is 70.8 Å². The highest BCUT2D eigenvalue weighted by Gasteiger charge is 2.30. The number of carbonyl (C=O) groups is 2. The molecule has 11 nitrogen and oxygen atoms in total. The van der Waals surface area contributed by atoms with E-state index in [1.54, 1.807) is 62.4 Å². The average molecular weight is 653 g/mol. The van der Waals surface area contributed by atoms with E-state index in [1.807, 2.05) is 13.8 Å². The molecule has 3 aromatic rings. The van der Waals surface area contributed by atoms with Gasteiger partial charge in [0.25, 0.3) is 5.91 Å². The Bertz CT molecular complexity index is 1710. The number of nitrogens with zero attached hydrogens (tertiary/aromatic N) is 2. The lowest BCUT2D eigenvalue weighted by atomic mass is 9.87. The van der Waals surface area contributed by atoms with Gasteiger partial charge in [0, 0.05) is 36.3 Å². The molecule has 2 amide bonds. The van der Waals surface area contributed by atoms with Crippen LogP contribution in [0.2, 0.25) is 5.02 Å². The summed E-state index contributed by atoms with van der Waals surface area (Å²) in [4.78, 5) is 34.7. The molecule has 0 fully saturated rings. The molecule has 6 atom stereocenters. The maximum atomic E-state index is 13.3. The number of amides is 2. The van der Waals surface area contributed by atoms with Gasteiger partial charge in [0.2, 0.25) is 0 Å². The summed E-state index contributed by atoms with van der Waals surface area (Å²) >= 11 is 6.22. The van der Waals surface area contributed by atoms with Gasteiger partial charge in [-0.2, -0.15) is 0 Å². The monoisotopic (exact) mass is 652 g/mol. The van der Waals surface area contributed by atoms with Crippen molar-refractivity contribution in [3.63, 3.8) is 0 Å². The van der Waals surface area contributed by atoms with E-state index in [0.29, 0.717) is 56.6 Å². The highest BCUT2D eigenvalue weighted by Crippen LogP contribution is 2.37. The molecular weight excluding hydrogens is 612 g/mol. The van der Waals surface area contributed by atoms with Crippen molar-refractivity contribution in [2.24, 2.45) is 17.6 Å². The molecule has 0 spiro atoms. The zero-order valence-electron chi connectivity index (χ0n) is 26.8. The van der Waals surface area contributed by atoms with Crippen LogP contribution in [0.3, 0.4) is 0 Å². The number of phenols is 1. The Kier molecular flexibility index (Phi) is 11.4. The molecule has 2 bridgehead atoms. The molecule has 1 aliphatic rings. The Labute approximate surface area is 273 Å². The van der Waals surface area contributed by atoms with E-state index in [2.05, 4.69) is 5.32 Å². The number of primary amides is 1. The summed E-state index contributed by atoms with van der Waals surface area (Å²) in [7, 11) is 2.99. The van der Waals surface area contributed by atoms with Gasteiger partial charge in [-0.15, -0.1) is 0 Å². The number of nitrogens with two attached hydrogens (primary N) is 1. The van der Waals surface area contributed by atoms with Gasteiger partial charge in [-0.3, -0.25) is 4.79 Å². The number of methoxy groups -OCH3 is 2. The van der Waals surface area contributed by atoms with Gasteiger partial charge in [-0.05, 0) is 62.4 Å². The fraction of sp³-hybridized carbons (Fsp3) is 0.412. The summed E-state index contributed by atoms with van der Waals surface area (Å²) in [6, 6.07) is 6.78. The number of fused-ring (bicyclic) bond motifs is 5. The number of ether oxygens (including phenoxy) is 3. The van der Waals surface area contributed by atoms with Crippen LogP contribution < -0.4 is 11.1 Å². The highest BCUT2D eigenvalue weighted by atomic mass is 35.5. The van der Waals surface area contributed by atoms with Crippen molar-refractivity contribution >= 4 is 51.4 Å². The van der Waals surface area contributed by atoms with Gasteiger partial charge in [-0.25, -0.2) is 14.8 Å². The summed E-state index contributed by atoms with van der Waals surface area (Å²) in [5.41, 5.74) is 9.14. The second-order valence-electron chi connectivity index (χ2n) is 11.8. The van der Waals surface area contributed by atoms with Crippen molar-refractivity contribution in [3.8, 4) is 5.75 Å². The number of phenolic OH excluding ortho intramolecular Hbond substituents is 1. The third kappa shape index (κ3) is 8.03. The molecule has 1 aliphatic heterocycles. The standard InChI is InChI=1S/C34H41ClN4O7/c1-17-12-22-29-25(37-24-15-21(35)10-11-23(24)38-29)16-26(31(22)41)39-33(42)18(2)8-7-9-27(44-5)32(46-34(36)43)20(4)14-19(3)30(40)28(13-17)45-6/h7-11,14-17,19,27-28,30,32,40-41H,12-13H2,1-6H3,(H2,36,43)(H,39,42). The van der Waals surface area contributed by atoms with Crippen molar-refractivity contribution in [2.45, 2.75) is 65.0 Å². The molecule has 46 heavy (non-hydrogen) atoms. The molecule has 2 heterocycles. The van der Waals surface area contributed by atoms with Crippen molar-refractivity contribution in [3.05, 3.63) is 70.3 Å². The number of rotatable bonds is 3. The van der Waals surface area contributed by atoms with E-state index in [1.165, 1.54) is 14.2 Å². The number of aliphatic hydroxyl groups is 1. The topological polar surface area (TPSA) is 166 Å². The number of anilines is 1. The minimum Gasteiger partial charge on any atom is -0.505 e. The second-order valence-corrected chi connectivity index (χ2v) is 12.2. The molecule has 5 N–H and O–H groups in total. The third-order valence-corrected chi connectivity index (χ3v) is 8.45. The number of benzene rings is 2. The Morgan fingerprint density at radius 3 is 2.50 bits per heavy atom. The zero-order valence-corrected chi connectivity index (χ0v) is 27.5. The quantitative estimate of drug-likeness (QED) is 0.160. The van der Waals surface area contributed by atoms with Gasteiger partial charge >= 0.3 is 6.09 Å². The molecule has 246 valence electrons. The number of aromatic hydroxyl groups is 1. The normalized spacial score (nSPS) is 25.2. The number of allylic oxidation sites excluding steroid dienone is 2. The van der Waals surface area contributed by atoms with Crippen LogP contribution in [0.1, 0.15) is 39.7 Å². The smallest absolute Gasteiger partial charge is 0.405 e. The van der Waals surface area contributed by atoms with E-state index >= 15 is 0 Å². The van der Waals surface area contributed by atoms with Crippen molar-refractivity contribution in [1.29, 1.82) is 0 Å². The lowest BCUT2D eigenvalue weighted by Crippen LogP contribution is -2.37. The predicted molar refractivity (Wildman–Crippen MR) is 178 cm³/mol. The minimum atomic E-state index is -0.983. The lowest BCUT2D eigenvalue weighted by molar-refractivity contribution is -0.112. The van der Waals surface area contributed by atoms with Crippen LogP contribution in [-0.2, 0) is 25.4 Å². The van der Waals surface area contributed by atoms with Crippen LogP contribution in [0.5, 0.6) is 5.75 Å². The molecular formula is C34H41ClN4O7. The third-order valence-electron chi connectivity index (χ3n) is 8.21. The van der Waals surface area contributed by atoms with Crippen molar-refractivity contribution < 1.29 is 34.0 Å². The highest BCUT2D eigenvalue weighted by molar-refractivity contribution is 6.31. The summed E-state index contributed by atoms with van der Waals surface area (Å²) in [5.74, 6) is -1.11. The summed E-state index contributed by atoms with van der Waals surface area (Å²) in [6.45, 7) is 7.20. The summed E-state index contributed by atoms with van der Waals surface area (Å²) in [6.07, 6.45) is 3.24. The molecule has 0 aliphatic carbocycles.